The average molecular weight is 433 g/mol. The predicted molar refractivity (Wildman–Crippen MR) is 120 cm³/mol. The van der Waals surface area contributed by atoms with E-state index in [1.54, 1.807) is 49.6 Å². The quantitative estimate of drug-likeness (QED) is 0.419. The molecule has 2 aromatic heterocycles. The molecule has 0 radical (unpaired) electrons. The molecule has 0 spiro atoms. The molecule has 4 rings (SSSR count). The van der Waals surface area contributed by atoms with Gasteiger partial charge in [-0.15, -0.1) is 11.3 Å². The molecule has 156 valence electrons. The zero-order valence-electron chi connectivity index (χ0n) is 16.8. The molecule has 2 amide bonds. The monoisotopic (exact) mass is 433 g/mol. The molecule has 4 aromatic rings. The number of amides is 2. The van der Waals surface area contributed by atoms with E-state index in [1.165, 1.54) is 17.7 Å². The zero-order chi connectivity index (χ0) is 21.8. The summed E-state index contributed by atoms with van der Waals surface area (Å²) < 4.78 is 5.17. The summed E-state index contributed by atoms with van der Waals surface area (Å²) in [7, 11) is 1.58. The van der Waals surface area contributed by atoms with Crippen LogP contribution < -0.4 is 15.4 Å². The van der Waals surface area contributed by atoms with Crippen molar-refractivity contribution in [2.75, 3.05) is 17.7 Å². The summed E-state index contributed by atoms with van der Waals surface area (Å²) in [4.78, 5) is 29.7. The van der Waals surface area contributed by atoms with E-state index in [0.717, 1.165) is 11.1 Å². The lowest BCUT2D eigenvalue weighted by molar-refractivity contribution is 0.101. The second kappa shape index (κ2) is 8.80. The van der Waals surface area contributed by atoms with Crippen LogP contribution in [-0.2, 0) is 0 Å². The molecule has 0 unspecified atom stereocenters. The smallest absolute Gasteiger partial charge is 0.265 e. The molecular weight excluding hydrogens is 414 g/mol. The highest BCUT2D eigenvalue weighted by molar-refractivity contribution is 7.18. The number of hydrogen-bond donors (Lipinski definition) is 3. The van der Waals surface area contributed by atoms with Crippen LogP contribution in [0, 0.1) is 6.92 Å². The molecule has 31 heavy (non-hydrogen) atoms. The fourth-order valence-corrected chi connectivity index (χ4v) is 3.77. The van der Waals surface area contributed by atoms with Crippen molar-refractivity contribution in [1.82, 2.24) is 15.2 Å². The maximum atomic E-state index is 12.6. The van der Waals surface area contributed by atoms with Gasteiger partial charge >= 0.3 is 0 Å². The van der Waals surface area contributed by atoms with Crippen LogP contribution in [-0.4, -0.2) is 34.1 Å². The van der Waals surface area contributed by atoms with Gasteiger partial charge in [0.25, 0.3) is 11.8 Å². The van der Waals surface area contributed by atoms with Crippen molar-refractivity contribution in [3.63, 3.8) is 0 Å². The van der Waals surface area contributed by atoms with Crippen LogP contribution in [0.3, 0.4) is 0 Å². The third-order valence-corrected chi connectivity index (χ3v) is 5.58. The Morgan fingerprint density at radius 3 is 2.48 bits per heavy atom. The van der Waals surface area contributed by atoms with Crippen LogP contribution in [0.1, 0.15) is 25.6 Å². The Hall–Kier alpha value is -3.98. The van der Waals surface area contributed by atoms with Gasteiger partial charge in [0, 0.05) is 16.8 Å². The Morgan fingerprint density at radius 2 is 1.81 bits per heavy atom. The van der Waals surface area contributed by atoms with Crippen molar-refractivity contribution in [3.8, 4) is 17.1 Å². The minimum absolute atomic E-state index is 0.239. The number of rotatable bonds is 6. The molecule has 0 aliphatic carbocycles. The van der Waals surface area contributed by atoms with Gasteiger partial charge in [-0.2, -0.15) is 5.10 Å². The SMILES string of the molecule is COc1ccc(C(=O)Nc2ccc(C(=O)Nc3ccc(-c4ncn[nH]4)cc3)s2)c(C)c1. The molecule has 0 aliphatic rings. The van der Waals surface area contributed by atoms with Gasteiger partial charge in [0.15, 0.2) is 5.82 Å². The van der Waals surface area contributed by atoms with Gasteiger partial charge in [0.1, 0.15) is 12.1 Å². The summed E-state index contributed by atoms with van der Waals surface area (Å²) in [6, 6.07) is 15.9. The van der Waals surface area contributed by atoms with E-state index in [-0.39, 0.29) is 11.8 Å². The van der Waals surface area contributed by atoms with Crippen molar-refractivity contribution in [2.24, 2.45) is 0 Å². The molecule has 2 heterocycles. The first-order valence-electron chi connectivity index (χ1n) is 9.36. The molecule has 0 fully saturated rings. The molecule has 2 aromatic carbocycles. The van der Waals surface area contributed by atoms with E-state index in [2.05, 4.69) is 25.8 Å². The summed E-state index contributed by atoms with van der Waals surface area (Å²) in [6.45, 7) is 1.85. The second-order valence-corrected chi connectivity index (χ2v) is 7.75. The number of methoxy groups -OCH3 is 1. The summed E-state index contributed by atoms with van der Waals surface area (Å²) >= 11 is 1.21. The first-order valence-corrected chi connectivity index (χ1v) is 10.2. The van der Waals surface area contributed by atoms with Crippen molar-refractivity contribution in [2.45, 2.75) is 6.92 Å². The Bertz CT molecular complexity index is 1220. The average Bonchev–Trinajstić information content (AvgIpc) is 3.46. The Kier molecular flexibility index (Phi) is 5.76. The lowest BCUT2D eigenvalue weighted by atomic mass is 10.1. The summed E-state index contributed by atoms with van der Waals surface area (Å²) in [6.07, 6.45) is 1.44. The number of nitrogens with zero attached hydrogens (tertiary/aromatic N) is 2. The fraction of sp³-hybridized carbons (Fsp3) is 0.0909. The predicted octanol–water partition coefficient (Wildman–Crippen LogP) is 4.35. The van der Waals surface area contributed by atoms with Crippen LogP contribution in [0.5, 0.6) is 5.75 Å². The number of benzene rings is 2. The van der Waals surface area contributed by atoms with E-state index in [1.807, 2.05) is 19.1 Å². The van der Waals surface area contributed by atoms with Crippen LogP contribution in [0.4, 0.5) is 10.7 Å². The first-order chi connectivity index (χ1) is 15.0. The Labute approximate surface area is 182 Å². The van der Waals surface area contributed by atoms with Crippen molar-refractivity contribution >= 4 is 33.8 Å². The van der Waals surface area contributed by atoms with Gasteiger partial charge in [-0.25, -0.2) is 4.98 Å². The van der Waals surface area contributed by atoms with Crippen molar-refractivity contribution in [1.29, 1.82) is 0 Å². The molecule has 9 heteroatoms. The van der Waals surface area contributed by atoms with Gasteiger partial charge in [0.2, 0.25) is 0 Å². The van der Waals surface area contributed by atoms with Gasteiger partial charge in [0.05, 0.1) is 17.0 Å². The van der Waals surface area contributed by atoms with E-state index in [9.17, 15) is 9.59 Å². The van der Waals surface area contributed by atoms with Crippen molar-refractivity contribution < 1.29 is 14.3 Å². The molecular formula is C22H19N5O3S. The number of ether oxygens (including phenoxy) is 1. The zero-order valence-corrected chi connectivity index (χ0v) is 17.6. The molecule has 0 saturated carbocycles. The number of carbonyl (C=O) groups excluding carboxylic acids is 2. The fourth-order valence-electron chi connectivity index (χ4n) is 2.97. The minimum atomic E-state index is -0.251. The molecule has 0 saturated heterocycles. The van der Waals surface area contributed by atoms with Crippen LogP contribution >= 0.6 is 11.3 Å². The number of aromatic amines is 1. The van der Waals surface area contributed by atoms with Crippen LogP contribution in [0.25, 0.3) is 11.4 Å². The molecule has 8 nitrogen and oxygen atoms in total. The highest BCUT2D eigenvalue weighted by Gasteiger charge is 2.14. The highest BCUT2D eigenvalue weighted by Crippen LogP contribution is 2.25. The number of hydrogen-bond acceptors (Lipinski definition) is 6. The Morgan fingerprint density at radius 1 is 1.00 bits per heavy atom. The summed E-state index contributed by atoms with van der Waals surface area (Å²) in [5.74, 6) is 0.858. The van der Waals surface area contributed by atoms with Crippen LogP contribution in [0.15, 0.2) is 60.9 Å². The summed E-state index contributed by atoms with van der Waals surface area (Å²) in [5.41, 5.74) is 2.87. The van der Waals surface area contributed by atoms with Gasteiger partial charge in [-0.05, 0) is 67.1 Å². The third kappa shape index (κ3) is 4.62. The molecule has 0 aliphatic heterocycles. The third-order valence-electron chi connectivity index (χ3n) is 4.58. The highest BCUT2D eigenvalue weighted by atomic mass is 32.1. The number of anilines is 2. The van der Waals surface area contributed by atoms with E-state index in [0.29, 0.717) is 32.7 Å². The molecule has 0 atom stereocenters. The van der Waals surface area contributed by atoms with Gasteiger partial charge in [-0.3, -0.25) is 14.7 Å². The van der Waals surface area contributed by atoms with Crippen LogP contribution in [0.2, 0.25) is 0 Å². The first kappa shape index (κ1) is 20.3. The van der Waals surface area contributed by atoms with E-state index >= 15 is 0 Å². The Balaban J connectivity index is 1.40. The van der Waals surface area contributed by atoms with E-state index < -0.39 is 0 Å². The largest absolute Gasteiger partial charge is 0.497 e. The lowest BCUT2D eigenvalue weighted by Gasteiger charge is -2.08. The number of H-pyrrole nitrogens is 1. The summed E-state index contributed by atoms with van der Waals surface area (Å²) in [5, 5.41) is 12.9. The topological polar surface area (TPSA) is 109 Å². The lowest BCUT2D eigenvalue weighted by Crippen LogP contribution is -2.12. The maximum absolute atomic E-state index is 12.6. The number of carbonyl (C=O) groups is 2. The van der Waals surface area contributed by atoms with Gasteiger partial charge in [-0.1, -0.05) is 0 Å². The number of nitrogens with one attached hydrogen (secondary N) is 3. The number of aromatic nitrogens is 3. The number of thiophene rings is 1. The molecule has 3 N–H and O–H groups in total. The molecule has 0 bridgehead atoms. The minimum Gasteiger partial charge on any atom is -0.497 e. The normalized spacial score (nSPS) is 10.5. The van der Waals surface area contributed by atoms with Crippen molar-refractivity contribution in [3.05, 3.63) is 76.9 Å². The standard InChI is InChI=1S/C22H19N5O3S/c1-13-11-16(30-2)7-8-17(13)21(28)26-19-10-9-18(31-19)22(29)25-15-5-3-14(4-6-15)20-23-12-24-27-20/h3-12H,1-2H3,(H,25,29)(H,26,28)(H,23,24,27). The van der Waals surface area contributed by atoms with E-state index in [4.69, 9.17) is 4.74 Å². The second-order valence-electron chi connectivity index (χ2n) is 6.66. The van der Waals surface area contributed by atoms with Gasteiger partial charge < -0.3 is 15.4 Å². The number of aryl methyl sites for hydroxylation is 1. The maximum Gasteiger partial charge on any atom is 0.265 e.